The predicted octanol–water partition coefficient (Wildman–Crippen LogP) is 2.18. The van der Waals surface area contributed by atoms with Crippen molar-refractivity contribution in [1.29, 1.82) is 0 Å². The van der Waals surface area contributed by atoms with Gasteiger partial charge >= 0.3 is 0 Å². The van der Waals surface area contributed by atoms with Crippen molar-refractivity contribution in [2.75, 3.05) is 0 Å². The van der Waals surface area contributed by atoms with Gasteiger partial charge in [0, 0.05) is 0 Å². The molecule has 0 aliphatic heterocycles. The van der Waals surface area contributed by atoms with Crippen molar-refractivity contribution in [3.05, 3.63) is 65.2 Å². The molecular weight excluding hydrogens is 240 g/mol. The van der Waals surface area contributed by atoms with Gasteiger partial charge in [0.15, 0.2) is 0 Å². The van der Waals surface area contributed by atoms with Gasteiger partial charge < -0.3 is 4.74 Å². The van der Waals surface area contributed by atoms with E-state index in [4.69, 9.17) is 10.6 Å². The molecule has 4 heteroatoms. The normalized spacial score (nSPS) is 10.0. The molecule has 0 unspecified atom stereocenters. The van der Waals surface area contributed by atoms with E-state index in [1.54, 1.807) is 18.2 Å². The summed E-state index contributed by atoms with van der Waals surface area (Å²) in [6.45, 7) is 2.44. The Morgan fingerprint density at radius 1 is 1.21 bits per heavy atom. The van der Waals surface area contributed by atoms with E-state index in [1.165, 1.54) is 5.56 Å². The maximum Gasteiger partial charge on any atom is 0.268 e. The summed E-state index contributed by atoms with van der Waals surface area (Å²) in [5.41, 5.74) is 4.77. The third-order valence-electron chi connectivity index (χ3n) is 2.74. The van der Waals surface area contributed by atoms with Crippen molar-refractivity contribution >= 4 is 5.91 Å². The van der Waals surface area contributed by atoms with E-state index < -0.39 is 0 Å². The average Bonchev–Trinajstić information content (AvgIpc) is 2.45. The molecule has 0 aromatic heterocycles. The van der Waals surface area contributed by atoms with Crippen LogP contribution in [0, 0.1) is 6.92 Å². The number of hydrogen-bond donors (Lipinski definition) is 2. The molecule has 4 nitrogen and oxygen atoms in total. The number of carbonyl (C=O) groups excluding carboxylic acids is 1. The third kappa shape index (κ3) is 3.33. The van der Waals surface area contributed by atoms with E-state index >= 15 is 0 Å². The lowest BCUT2D eigenvalue weighted by molar-refractivity contribution is 0.0949. The minimum Gasteiger partial charge on any atom is -0.488 e. The Bertz CT molecular complexity index is 582. The van der Waals surface area contributed by atoms with E-state index in [1.807, 2.05) is 37.3 Å². The molecule has 0 saturated carbocycles. The van der Waals surface area contributed by atoms with E-state index in [2.05, 4.69) is 5.43 Å². The Morgan fingerprint density at radius 3 is 2.74 bits per heavy atom. The van der Waals surface area contributed by atoms with Gasteiger partial charge in [-0.05, 0) is 24.6 Å². The number of rotatable bonds is 4. The van der Waals surface area contributed by atoms with Crippen LogP contribution in [0.2, 0.25) is 0 Å². The summed E-state index contributed by atoms with van der Waals surface area (Å²) in [7, 11) is 0. The van der Waals surface area contributed by atoms with Crippen LogP contribution in [-0.2, 0) is 6.61 Å². The summed E-state index contributed by atoms with van der Waals surface area (Å²) in [5, 5.41) is 0. The van der Waals surface area contributed by atoms with E-state index in [9.17, 15) is 4.79 Å². The second-order valence-corrected chi connectivity index (χ2v) is 4.25. The van der Waals surface area contributed by atoms with Crippen molar-refractivity contribution < 1.29 is 9.53 Å². The van der Waals surface area contributed by atoms with E-state index in [-0.39, 0.29) is 5.91 Å². The zero-order valence-corrected chi connectivity index (χ0v) is 10.7. The number of benzene rings is 2. The number of hydrazine groups is 1. The minimum absolute atomic E-state index is 0.361. The van der Waals surface area contributed by atoms with Crippen molar-refractivity contribution in [3.8, 4) is 5.75 Å². The molecule has 0 bridgehead atoms. The van der Waals surface area contributed by atoms with Gasteiger partial charge in [-0.15, -0.1) is 0 Å². The third-order valence-corrected chi connectivity index (χ3v) is 2.74. The maximum atomic E-state index is 11.6. The summed E-state index contributed by atoms with van der Waals surface area (Å²) in [4.78, 5) is 11.6. The summed E-state index contributed by atoms with van der Waals surface area (Å²) < 4.78 is 5.68. The highest BCUT2D eigenvalue weighted by Gasteiger charge is 2.10. The first-order valence-electron chi connectivity index (χ1n) is 5.99. The van der Waals surface area contributed by atoms with Crippen molar-refractivity contribution in [2.45, 2.75) is 13.5 Å². The standard InChI is InChI=1S/C15H16N2O2/c1-11-5-4-6-12(9-11)10-19-14-8-3-2-7-13(14)15(18)17-16/h2-9H,10,16H2,1H3,(H,17,18). The monoisotopic (exact) mass is 256 g/mol. The van der Waals surface area contributed by atoms with Crippen LogP contribution in [0.3, 0.4) is 0 Å². The quantitative estimate of drug-likeness (QED) is 0.500. The zero-order valence-electron chi connectivity index (χ0n) is 10.7. The molecule has 0 saturated heterocycles. The zero-order chi connectivity index (χ0) is 13.7. The average molecular weight is 256 g/mol. The first kappa shape index (κ1) is 13.1. The van der Waals surface area contributed by atoms with Crippen LogP contribution in [0.25, 0.3) is 0 Å². The fraction of sp³-hybridized carbons (Fsp3) is 0.133. The summed E-state index contributed by atoms with van der Waals surface area (Å²) in [6.07, 6.45) is 0. The van der Waals surface area contributed by atoms with Gasteiger partial charge in [0.1, 0.15) is 12.4 Å². The van der Waals surface area contributed by atoms with Gasteiger partial charge in [0.2, 0.25) is 0 Å². The highest BCUT2D eigenvalue weighted by Crippen LogP contribution is 2.19. The molecule has 98 valence electrons. The number of nitrogen functional groups attached to an aromatic ring is 1. The lowest BCUT2D eigenvalue weighted by Gasteiger charge is -2.10. The molecule has 1 amide bonds. The van der Waals surface area contributed by atoms with Gasteiger partial charge in [-0.2, -0.15) is 0 Å². The van der Waals surface area contributed by atoms with Crippen LogP contribution in [-0.4, -0.2) is 5.91 Å². The summed E-state index contributed by atoms with van der Waals surface area (Å²) in [6, 6.07) is 15.0. The molecule has 0 aliphatic rings. The fourth-order valence-electron chi connectivity index (χ4n) is 1.82. The Labute approximate surface area is 112 Å². The molecule has 0 fully saturated rings. The molecule has 3 N–H and O–H groups in total. The Hall–Kier alpha value is -2.33. The Balaban J connectivity index is 2.13. The number of aryl methyl sites for hydroxylation is 1. The van der Waals surface area contributed by atoms with Gasteiger partial charge in [0.05, 0.1) is 5.56 Å². The van der Waals surface area contributed by atoms with Gasteiger partial charge in [-0.3, -0.25) is 10.2 Å². The predicted molar refractivity (Wildman–Crippen MR) is 73.6 cm³/mol. The number of carbonyl (C=O) groups is 1. The summed E-state index contributed by atoms with van der Waals surface area (Å²) >= 11 is 0. The first-order chi connectivity index (χ1) is 9.20. The number of nitrogens with two attached hydrogens (primary N) is 1. The molecule has 2 aromatic rings. The smallest absolute Gasteiger partial charge is 0.268 e. The summed E-state index contributed by atoms with van der Waals surface area (Å²) in [5.74, 6) is 5.30. The van der Waals surface area contributed by atoms with Crippen LogP contribution < -0.4 is 16.0 Å². The Kier molecular flexibility index (Phi) is 4.15. The largest absolute Gasteiger partial charge is 0.488 e. The Morgan fingerprint density at radius 2 is 2.00 bits per heavy atom. The molecule has 0 heterocycles. The number of ether oxygens (including phenoxy) is 1. The van der Waals surface area contributed by atoms with Crippen molar-refractivity contribution in [3.63, 3.8) is 0 Å². The van der Waals surface area contributed by atoms with Crippen molar-refractivity contribution in [2.24, 2.45) is 5.84 Å². The van der Waals surface area contributed by atoms with Gasteiger partial charge in [-0.25, -0.2) is 5.84 Å². The number of para-hydroxylation sites is 1. The molecule has 0 aliphatic carbocycles. The lowest BCUT2D eigenvalue weighted by Crippen LogP contribution is -2.30. The topological polar surface area (TPSA) is 64.3 Å². The molecule has 2 rings (SSSR count). The molecular formula is C15H16N2O2. The SMILES string of the molecule is Cc1cccc(COc2ccccc2C(=O)NN)c1. The van der Waals surface area contributed by atoms with Gasteiger partial charge in [0.25, 0.3) is 5.91 Å². The van der Waals surface area contributed by atoms with Crippen LogP contribution in [0.5, 0.6) is 5.75 Å². The molecule has 0 spiro atoms. The maximum absolute atomic E-state index is 11.6. The highest BCUT2D eigenvalue weighted by molar-refractivity contribution is 5.96. The molecule has 19 heavy (non-hydrogen) atoms. The lowest BCUT2D eigenvalue weighted by atomic mass is 10.1. The highest BCUT2D eigenvalue weighted by atomic mass is 16.5. The second-order valence-electron chi connectivity index (χ2n) is 4.25. The van der Waals surface area contributed by atoms with Gasteiger partial charge in [-0.1, -0.05) is 42.0 Å². The number of amides is 1. The molecule has 2 aromatic carbocycles. The van der Waals surface area contributed by atoms with Crippen LogP contribution in [0.1, 0.15) is 21.5 Å². The van der Waals surface area contributed by atoms with Crippen LogP contribution in [0.15, 0.2) is 48.5 Å². The minimum atomic E-state index is -0.361. The van der Waals surface area contributed by atoms with Crippen LogP contribution >= 0.6 is 0 Å². The number of hydrogen-bond acceptors (Lipinski definition) is 3. The second kappa shape index (κ2) is 6.02. The molecule has 0 radical (unpaired) electrons. The van der Waals surface area contributed by atoms with E-state index in [0.717, 1.165) is 5.56 Å². The number of nitrogens with one attached hydrogen (secondary N) is 1. The van der Waals surface area contributed by atoms with Crippen LogP contribution in [0.4, 0.5) is 0 Å². The molecule has 0 atom stereocenters. The van der Waals surface area contributed by atoms with E-state index in [0.29, 0.717) is 17.9 Å². The fourth-order valence-corrected chi connectivity index (χ4v) is 1.82. The first-order valence-corrected chi connectivity index (χ1v) is 5.99. The van der Waals surface area contributed by atoms with Crippen molar-refractivity contribution in [1.82, 2.24) is 5.43 Å².